The van der Waals surface area contributed by atoms with Crippen LogP contribution < -0.4 is 0 Å². The van der Waals surface area contributed by atoms with Crippen molar-refractivity contribution in [1.29, 1.82) is 5.26 Å². The van der Waals surface area contributed by atoms with Crippen LogP contribution in [0.15, 0.2) is 57.3 Å². The molecule has 0 saturated carbocycles. The number of likely N-dealkylation sites (N-methyl/N-ethyl adjacent to an activating group) is 1. The van der Waals surface area contributed by atoms with E-state index in [1.54, 1.807) is 0 Å². The van der Waals surface area contributed by atoms with E-state index in [0.717, 1.165) is 31.2 Å². The molecule has 0 aromatic heterocycles. The van der Waals surface area contributed by atoms with E-state index in [-0.39, 0.29) is 18.1 Å². The number of nitriles is 1. The molecule has 1 aliphatic carbocycles. The number of fused-ring (bicyclic) bond motifs is 4. The first-order valence-corrected chi connectivity index (χ1v) is 9.68. The van der Waals surface area contributed by atoms with Gasteiger partial charge in [0.15, 0.2) is 0 Å². The maximum Gasteiger partial charge on any atom is 0.148 e. The number of aliphatic imine (C=N–C) groups is 2. The predicted octanol–water partition coefficient (Wildman–Crippen LogP) is 1.72. The van der Waals surface area contributed by atoms with Gasteiger partial charge in [0.05, 0.1) is 17.7 Å². The van der Waals surface area contributed by atoms with Gasteiger partial charge in [-0.2, -0.15) is 5.26 Å². The lowest BCUT2D eigenvalue weighted by atomic mass is 9.93. The zero-order valence-corrected chi connectivity index (χ0v) is 15.8. The van der Waals surface area contributed by atoms with E-state index in [1.165, 1.54) is 12.0 Å². The van der Waals surface area contributed by atoms with Crippen LogP contribution in [0.4, 0.5) is 0 Å². The fourth-order valence-electron chi connectivity index (χ4n) is 4.80. The van der Waals surface area contributed by atoms with Gasteiger partial charge in [-0.15, -0.1) is 0 Å². The minimum Gasteiger partial charge on any atom is -0.305 e. The summed E-state index contributed by atoms with van der Waals surface area (Å²) in [6.45, 7) is 2.15. The van der Waals surface area contributed by atoms with Crippen molar-refractivity contribution >= 4 is 12.1 Å². The minimum atomic E-state index is 0.0640. The van der Waals surface area contributed by atoms with Gasteiger partial charge < -0.3 is 9.80 Å². The number of rotatable bonds is 2. The molecule has 0 amide bonds. The number of hydrogen-bond acceptors (Lipinski definition) is 6. The van der Waals surface area contributed by atoms with Crippen molar-refractivity contribution in [2.75, 3.05) is 27.2 Å². The second kappa shape index (κ2) is 6.29. The Morgan fingerprint density at radius 2 is 2.11 bits per heavy atom. The molecule has 4 aliphatic heterocycles. The molecule has 138 valence electrons. The molecule has 1 saturated heterocycles. The molecule has 4 heterocycles. The molecule has 5 aliphatic rings. The Bertz CT molecular complexity index is 881. The average Bonchev–Trinajstić information content (AvgIpc) is 3.32. The lowest BCUT2D eigenvalue weighted by Crippen LogP contribution is -2.45. The molecule has 5 rings (SSSR count). The van der Waals surface area contributed by atoms with E-state index in [4.69, 9.17) is 9.98 Å². The largest absolute Gasteiger partial charge is 0.305 e. The number of allylic oxidation sites excluding steroid dienone is 2. The van der Waals surface area contributed by atoms with Crippen molar-refractivity contribution in [2.24, 2.45) is 9.98 Å². The third kappa shape index (κ3) is 2.53. The number of likely N-dealkylation sites (tertiary alicyclic amines) is 1. The Morgan fingerprint density at radius 1 is 1.26 bits per heavy atom. The van der Waals surface area contributed by atoms with Crippen LogP contribution in [0.3, 0.4) is 0 Å². The van der Waals surface area contributed by atoms with Gasteiger partial charge in [-0.1, -0.05) is 24.3 Å². The molecule has 0 spiro atoms. The van der Waals surface area contributed by atoms with Gasteiger partial charge in [0, 0.05) is 43.4 Å². The summed E-state index contributed by atoms with van der Waals surface area (Å²) in [5.41, 5.74) is 1.84. The molecule has 0 aromatic carbocycles. The molecular weight excluding hydrogens is 336 g/mol. The maximum absolute atomic E-state index is 9.79. The number of hydrogen-bond donors (Lipinski definition) is 0. The van der Waals surface area contributed by atoms with Gasteiger partial charge in [0.1, 0.15) is 17.7 Å². The molecule has 27 heavy (non-hydrogen) atoms. The summed E-state index contributed by atoms with van der Waals surface area (Å²) in [5, 5.41) is 9.79. The Hall–Kier alpha value is -2.49. The van der Waals surface area contributed by atoms with Crippen LogP contribution in [0.5, 0.6) is 0 Å². The lowest BCUT2D eigenvalue weighted by molar-refractivity contribution is 0.236. The van der Waals surface area contributed by atoms with Crippen molar-refractivity contribution in [1.82, 2.24) is 14.7 Å². The molecule has 4 atom stereocenters. The second-order valence-corrected chi connectivity index (χ2v) is 7.99. The van der Waals surface area contributed by atoms with Crippen molar-refractivity contribution < 1.29 is 0 Å². The Labute approximate surface area is 160 Å². The Balaban J connectivity index is 1.53. The van der Waals surface area contributed by atoms with E-state index >= 15 is 0 Å². The molecule has 0 N–H and O–H groups in total. The van der Waals surface area contributed by atoms with E-state index in [2.05, 4.69) is 53.1 Å². The van der Waals surface area contributed by atoms with Crippen LogP contribution in [0.25, 0.3) is 0 Å². The van der Waals surface area contributed by atoms with E-state index in [0.29, 0.717) is 11.6 Å². The van der Waals surface area contributed by atoms with Gasteiger partial charge in [-0.05, 0) is 26.6 Å². The van der Waals surface area contributed by atoms with Gasteiger partial charge in [0.25, 0.3) is 0 Å². The zero-order chi connectivity index (χ0) is 18.5. The summed E-state index contributed by atoms with van der Waals surface area (Å²) in [6.07, 6.45) is 14.6. The summed E-state index contributed by atoms with van der Waals surface area (Å²) in [4.78, 5) is 16.7. The predicted molar refractivity (Wildman–Crippen MR) is 106 cm³/mol. The quantitative estimate of drug-likeness (QED) is 0.752. The van der Waals surface area contributed by atoms with Gasteiger partial charge in [-0.3, -0.25) is 9.89 Å². The third-order valence-corrected chi connectivity index (χ3v) is 6.29. The van der Waals surface area contributed by atoms with Crippen LogP contribution in [0, 0.1) is 11.3 Å². The van der Waals surface area contributed by atoms with Crippen molar-refractivity contribution in [3.63, 3.8) is 0 Å². The van der Waals surface area contributed by atoms with Crippen molar-refractivity contribution in [3.8, 4) is 6.07 Å². The normalized spacial score (nSPS) is 34.4. The lowest BCUT2D eigenvalue weighted by Gasteiger charge is -2.38. The average molecular weight is 360 g/mol. The summed E-state index contributed by atoms with van der Waals surface area (Å²) in [6, 6.07) is 3.45. The van der Waals surface area contributed by atoms with Crippen molar-refractivity contribution in [3.05, 3.63) is 47.3 Å². The summed E-state index contributed by atoms with van der Waals surface area (Å²) >= 11 is 0. The monoisotopic (exact) mass is 360 g/mol. The van der Waals surface area contributed by atoms with Crippen molar-refractivity contribution in [2.45, 2.75) is 37.0 Å². The molecule has 6 heteroatoms. The first-order chi connectivity index (χ1) is 13.2. The summed E-state index contributed by atoms with van der Waals surface area (Å²) < 4.78 is 0. The summed E-state index contributed by atoms with van der Waals surface area (Å²) in [5.74, 6) is 1.75. The van der Waals surface area contributed by atoms with Gasteiger partial charge in [-0.25, -0.2) is 4.99 Å². The first-order valence-electron chi connectivity index (χ1n) is 9.68. The molecule has 0 aromatic rings. The third-order valence-electron chi connectivity index (χ3n) is 6.29. The van der Waals surface area contributed by atoms with Crippen LogP contribution in [0.1, 0.15) is 12.8 Å². The smallest absolute Gasteiger partial charge is 0.148 e. The SMILES string of the molecule is CN(C)C1CCN(C2CC=NC3=C2C=C(C#N)C2=NC4C=CC=CC4N23)C1. The second-order valence-electron chi connectivity index (χ2n) is 7.99. The molecular formula is C21H24N6. The fourth-order valence-corrected chi connectivity index (χ4v) is 4.80. The van der Waals surface area contributed by atoms with Crippen LogP contribution in [-0.2, 0) is 0 Å². The molecule has 0 radical (unpaired) electrons. The van der Waals surface area contributed by atoms with E-state index < -0.39 is 0 Å². The zero-order valence-electron chi connectivity index (χ0n) is 15.8. The van der Waals surface area contributed by atoms with E-state index in [9.17, 15) is 5.26 Å². The fraction of sp³-hybridized carbons (Fsp3) is 0.476. The van der Waals surface area contributed by atoms with E-state index in [1.807, 2.05) is 18.4 Å². The highest BCUT2D eigenvalue weighted by molar-refractivity contribution is 6.06. The Morgan fingerprint density at radius 3 is 2.89 bits per heavy atom. The van der Waals surface area contributed by atoms with Crippen LogP contribution >= 0.6 is 0 Å². The van der Waals surface area contributed by atoms with Gasteiger partial charge in [0.2, 0.25) is 0 Å². The molecule has 4 unspecified atom stereocenters. The summed E-state index contributed by atoms with van der Waals surface area (Å²) in [7, 11) is 4.32. The highest BCUT2D eigenvalue weighted by Crippen LogP contribution is 2.39. The van der Waals surface area contributed by atoms with Crippen LogP contribution in [-0.4, -0.2) is 78.1 Å². The number of nitrogens with zero attached hydrogens (tertiary/aromatic N) is 6. The topological polar surface area (TPSA) is 58.2 Å². The van der Waals surface area contributed by atoms with Gasteiger partial charge >= 0.3 is 0 Å². The molecule has 6 nitrogen and oxygen atoms in total. The number of amidine groups is 1. The maximum atomic E-state index is 9.79. The highest BCUT2D eigenvalue weighted by Gasteiger charge is 2.43. The standard InChI is InChI=1S/C21H24N6/c1-25(2)15-8-10-26(13-15)18-7-9-23-21-16(18)11-14(12-22)20-24-17-5-3-4-6-19(17)27(20)21/h3-6,9,11,15,17-19H,7-8,10,13H2,1-2H3. The highest BCUT2D eigenvalue weighted by atomic mass is 15.4. The Kier molecular flexibility index (Phi) is 3.88. The molecule has 0 bridgehead atoms. The molecule has 1 fully saturated rings. The first kappa shape index (κ1) is 16.7. The minimum absolute atomic E-state index is 0.0640. The van der Waals surface area contributed by atoms with Crippen LogP contribution in [0.2, 0.25) is 0 Å².